The zero-order chi connectivity index (χ0) is 20.8. The third kappa shape index (κ3) is 3.69. The molecule has 0 spiro atoms. The van der Waals surface area contributed by atoms with E-state index in [1.807, 2.05) is 55.1 Å². The Morgan fingerprint density at radius 3 is 2.14 bits per heavy atom. The highest BCUT2D eigenvalue weighted by molar-refractivity contribution is 7.89. The fraction of sp³-hybridized carbons (Fsp3) is 0.409. The Hall–Kier alpha value is -1.89. The molecule has 0 radical (unpaired) electrons. The van der Waals surface area contributed by atoms with Gasteiger partial charge in [0.2, 0.25) is 15.9 Å². The summed E-state index contributed by atoms with van der Waals surface area (Å²) in [7, 11) is -3.55. The summed E-state index contributed by atoms with van der Waals surface area (Å²) in [5, 5.41) is 0.655. The maximum absolute atomic E-state index is 13.2. The van der Waals surface area contributed by atoms with Crippen molar-refractivity contribution in [3.05, 3.63) is 64.2 Å². The Morgan fingerprint density at radius 1 is 0.966 bits per heavy atom. The van der Waals surface area contributed by atoms with Gasteiger partial charge < -0.3 is 4.90 Å². The van der Waals surface area contributed by atoms with Gasteiger partial charge in [-0.25, -0.2) is 8.42 Å². The fourth-order valence-corrected chi connectivity index (χ4v) is 5.94. The largest absolute Gasteiger partial charge is 0.339 e. The topological polar surface area (TPSA) is 57.7 Å². The lowest BCUT2D eigenvalue weighted by atomic mass is 9.94. The molecule has 1 heterocycles. The van der Waals surface area contributed by atoms with Gasteiger partial charge in [-0.15, -0.1) is 0 Å². The van der Waals surface area contributed by atoms with Gasteiger partial charge in [-0.3, -0.25) is 4.79 Å². The van der Waals surface area contributed by atoms with Crippen LogP contribution in [0.3, 0.4) is 0 Å². The van der Waals surface area contributed by atoms with Gasteiger partial charge in [0.15, 0.2) is 0 Å². The van der Waals surface area contributed by atoms with E-state index >= 15 is 0 Å². The summed E-state index contributed by atoms with van der Waals surface area (Å²) in [5.74, 6) is 0.100. The van der Waals surface area contributed by atoms with Crippen molar-refractivity contribution >= 4 is 27.5 Å². The van der Waals surface area contributed by atoms with Crippen molar-refractivity contribution in [3.8, 4) is 0 Å². The molecular formula is C22H25ClN2O3S. The average Bonchev–Trinajstić information content (AvgIpc) is 3.50. The van der Waals surface area contributed by atoms with Crippen LogP contribution < -0.4 is 0 Å². The Kier molecular flexibility index (Phi) is 5.21. The molecule has 5 nitrogen and oxygen atoms in total. The summed E-state index contributed by atoms with van der Waals surface area (Å²) in [6.07, 6.45) is 1.66. The van der Waals surface area contributed by atoms with Crippen LogP contribution in [0.25, 0.3) is 0 Å². The van der Waals surface area contributed by atoms with Crippen molar-refractivity contribution in [2.45, 2.75) is 37.0 Å². The number of aryl methyl sites for hydroxylation is 2. The number of carbonyl (C=O) groups excluding carboxylic acids is 1. The first-order valence-corrected chi connectivity index (χ1v) is 11.7. The molecule has 4 rings (SSSR count). The molecule has 2 aromatic carbocycles. The van der Waals surface area contributed by atoms with Gasteiger partial charge in [-0.1, -0.05) is 41.4 Å². The summed E-state index contributed by atoms with van der Waals surface area (Å²) in [6, 6.07) is 12.9. The first kappa shape index (κ1) is 20.4. The van der Waals surface area contributed by atoms with Crippen LogP contribution in [-0.2, 0) is 20.2 Å². The third-order valence-electron chi connectivity index (χ3n) is 6.03. The molecule has 29 heavy (non-hydrogen) atoms. The molecule has 1 saturated heterocycles. The van der Waals surface area contributed by atoms with Crippen molar-refractivity contribution in [3.63, 3.8) is 0 Å². The van der Waals surface area contributed by atoms with Gasteiger partial charge in [-0.2, -0.15) is 4.31 Å². The van der Waals surface area contributed by atoms with Gasteiger partial charge >= 0.3 is 0 Å². The molecule has 1 amide bonds. The Labute approximate surface area is 177 Å². The van der Waals surface area contributed by atoms with E-state index in [2.05, 4.69) is 0 Å². The van der Waals surface area contributed by atoms with E-state index in [0.29, 0.717) is 36.1 Å². The van der Waals surface area contributed by atoms with Crippen LogP contribution >= 0.6 is 11.6 Å². The fourth-order valence-electron chi connectivity index (χ4n) is 4.18. The predicted octanol–water partition coefficient (Wildman–Crippen LogP) is 3.52. The minimum absolute atomic E-state index is 0.100. The molecule has 0 atom stereocenters. The van der Waals surface area contributed by atoms with Gasteiger partial charge in [0.1, 0.15) is 0 Å². The number of sulfonamides is 1. The standard InChI is InChI=1S/C22H25ClN2O3S/c1-16-3-8-20(17(2)15-16)29(27,28)25-13-11-24(12-14-25)21(26)22(9-10-22)18-4-6-19(23)7-5-18/h3-8,15H,9-14H2,1-2H3. The molecule has 2 fully saturated rings. The van der Waals surface area contributed by atoms with E-state index in [4.69, 9.17) is 11.6 Å². The number of amides is 1. The first-order valence-electron chi connectivity index (χ1n) is 9.87. The number of halogens is 1. The number of piperazine rings is 1. The number of benzene rings is 2. The molecular weight excluding hydrogens is 408 g/mol. The highest BCUT2D eigenvalue weighted by Crippen LogP contribution is 2.50. The Balaban J connectivity index is 1.47. The highest BCUT2D eigenvalue weighted by Gasteiger charge is 2.53. The molecule has 0 bridgehead atoms. The highest BCUT2D eigenvalue weighted by atomic mass is 35.5. The van der Waals surface area contributed by atoms with Crippen molar-refractivity contribution in [2.75, 3.05) is 26.2 Å². The summed E-state index contributed by atoms with van der Waals surface area (Å²) in [6.45, 7) is 5.23. The lowest BCUT2D eigenvalue weighted by molar-refractivity contribution is -0.135. The van der Waals surface area contributed by atoms with E-state index in [-0.39, 0.29) is 5.91 Å². The van der Waals surface area contributed by atoms with E-state index in [0.717, 1.165) is 29.5 Å². The molecule has 0 aromatic heterocycles. The van der Waals surface area contributed by atoms with Crippen LogP contribution in [0.1, 0.15) is 29.5 Å². The Morgan fingerprint density at radius 2 is 1.59 bits per heavy atom. The lowest BCUT2D eigenvalue weighted by Crippen LogP contribution is -2.52. The summed E-state index contributed by atoms with van der Waals surface area (Å²) >= 11 is 5.98. The van der Waals surface area contributed by atoms with E-state index in [1.54, 1.807) is 6.07 Å². The van der Waals surface area contributed by atoms with Crippen LogP contribution in [0.4, 0.5) is 0 Å². The van der Waals surface area contributed by atoms with E-state index in [1.165, 1.54) is 4.31 Å². The SMILES string of the molecule is Cc1ccc(S(=O)(=O)N2CCN(C(=O)C3(c4ccc(Cl)cc4)CC3)CC2)c(C)c1. The molecule has 1 saturated carbocycles. The quantitative estimate of drug-likeness (QED) is 0.742. The number of nitrogens with zero attached hydrogens (tertiary/aromatic N) is 2. The van der Waals surface area contributed by atoms with E-state index < -0.39 is 15.4 Å². The number of rotatable bonds is 4. The molecule has 1 aliphatic heterocycles. The lowest BCUT2D eigenvalue weighted by Gasteiger charge is -2.36. The number of hydrogen-bond acceptors (Lipinski definition) is 3. The van der Waals surface area contributed by atoms with Crippen LogP contribution in [0.2, 0.25) is 5.02 Å². The third-order valence-corrected chi connectivity index (χ3v) is 8.34. The van der Waals surface area contributed by atoms with Gasteiger partial charge in [0, 0.05) is 31.2 Å². The van der Waals surface area contributed by atoms with Crippen LogP contribution in [-0.4, -0.2) is 49.7 Å². The van der Waals surface area contributed by atoms with Crippen molar-refractivity contribution < 1.29 is 13.2 Å². The smallest absolute Gasteiger partial charge is 0.243 e. The zero-order valence-corrected chi connectivity index (χ0v) is 18.3. The van der Waals surface area contributed by atoms with Crippen molar-refractivity contribution in [1.29, 1.82) is 0 Å². The molecule has 2 aliphatic rings. The van der Waals surface area contributed by atoms with Crippen LogP contribution in [0.15, 0.2) is 47.4 Å². The number of hydrogen-bond donors (Lipinski definition) is 0. The van der Waals surface area contributed by atoms with Crippen LogP contribution in [0.5, 0.6) is 0 Å². The predicted molar refractivity (Wildman–Crippen MR) is 114 cm³/mol. The molecule has 0 N–H and O–H groups in total. The van der Waals surface area contributed by atoms with Crippen molar-refractivity contribution in [2.24, 2.45) is 0 Å². The monoisotopic (exact) mass is 432 g/mol. The maximum atomic E-state index is 13.2. The summed E-state index contributed by atoms with van der Waals surface area (Å²) in [5.41, 5.74) is 2.33. The maximum Gasteiger partial charge on any atom is 0.243 e. The van der Waals surface area contributed by atoms with Gasteiger partial charge in [-0.05, 0) is 56.0 Å². The van der Waals surface area contributed by atoms with Gasteiger partial charge in [0.25, 0.3) is 0 Å². The number of carbonyl (C=O) groups is 1. The minimum atomic E-state index is -3.55. The summed E-state index contributed by atoms with van der Waals surface area (Å²) in [4.78, 5) is 15.4. The average molecular weight is 433 g/mol. The van der Waals surface area contributed by atoms with E-state index in [9.17, 15) is 13.2 Å². The second kappa shape index (κ2) is 7.42. The second-order valence-electron chi connectivity index (χ2n) is 8.05. The second-order valence-corrected chi connectivity index (χ2v) is 10.4. The normalized spacial score (nSPS) is 19.2. The van der Waals surface area contributed by atoms with Crippen molar-refractivity contribution in [1.82, 2.24) is 9.21 Å². The summed E-state index contributed by atoms with van der Waals surface area (Å²) < 4.78 is 27.6. The molecule has 7 heteroatoms. The Bertz CT molecular complexity index is 1040. The molecule has 2 aromatic rings. The first-order chi connectivity index (χ1) is 13.7. The minimum Gasteiger partial charge on any atom is -0.339 e. The zero-order valence-electron chi connectivity index (χ0n) is 16.7. The molecule has 1 aliphatic carbocycles. The van der Waals surface area contributed by atoms with Gasteiger partial charge in [0.05, 0.1) is 10.3 Å². The van der Waals surface area contributed by atoms with Crippen LogP contribution in [0, 0.1) is 13.8 Å². The molecule has 0 unspecified atom stereocenters. The molecule has 154 valence electrons.